The van der Waals surface area contributed by atoms with Crippen LogP contribution < -0.4 is 10.0 Å². The number of halogens is 1. The quantitative estimate of drug-likeness (QED) is 0.620. The van der Waals surface area contributed by atoms with Gasteiger partial charge in [0.15, 0.2) is 0 Å². The fourth-order valence-corrected chi connectivity index (χ4v) is 6.76. The largest absolute Gasteiger partial charge is 0.352 e. The summed E-state index contributed by atoms with van der Waals surface area (Å²) in [6.45, 7) is 2.14. The Kier molecular flexibility index (Phi) is 7.31. The molecule has 28 heavy (non-hydrogen) atoms. The summed E-state index contributed by atoms with van der Waals surface area (Å²) in [5, 5.41) is 3.10. The normalized spacial score (nSPS) is 21.2. The summed E-state index contributed by atoms with van der Waals surface area (Å²) in [4.78, 5) is 13.0. The van der Waals surface area contributed by atoms with Crippen LogP contribution in [-0.2, 0) is 21.2 Å². The zero-order chi connectivity index (χ0) is 20.1. The molecule has 2 aromatic rings. The van der Waals surface area contributed by atoms with Gasteiger partial charge in [-0.3, -0.25) is 4.79 Å². The van der Waals surface area contributed by atoms with E-state index < -0.39 is 16.1 Å². The van der Waals surface area contributed by atoms with E-state index in [4.69, 9.17) is 0 Å². The van der Waals surface area contributed by atoms with Crippen LogP contribution in [0.2, 0.25) is 0 Å². The van der Waals surface area contributed by atoms with Crippen molar-refractivity contribution in [3.05, 3.63) is 51.8 Å². The van der Waals surface area contributed by atoms with Crippen LogP contribution in [0, 0.1) is 5.92 Å². The molecule has 3 rings (SSSR count). The molecule has 1 saturated carbocycles. The number of carbonyl (C=O) groups excluding carboxylic acids is 1. The summed E-state index contributed by atoms with van der Waals surface area (Å²) in [6.07, 6.45) is 4.60. The molecule has 2 N–H and O–H groups in total. The standard InChI is InChI=1S/C20H25BrN2O3S2/c1-14-7-5-6-10-16(14)22-20(24)17(13-15-8-3-2-4-9-15)23-28(25,26)19-12-11-18(21)27-19/h2-4,8-9,11-12,14,16-17,23H,5-7,10,13H2,1H3,(H,22,24). The number of rotatable bonds is 7. The molecule has 1 aliphatic rings. The Morgan fingerprint density at radius 1 is 1.18 bits per heavy atom. The Hall–Kier alpha value is -1.22. The molecule has 152 valence electrons. The Morgan fingerprint density at radius 2 is 1.89 bits per heavy atom. The third-order valence-electron chi connectivity index (χ3n) is 5.15. The maximum atomic E-state index is 13.0. The zero-order valence-electron chi connectivity index (χ0n) is 15.7. The fourth-order valence-electron chi connectivity index (χ4n) is 3.54. The second kappa shape index (κ2) is 9.52. The molecule has 3 unspecified atom stereocenters. The number of amides is 1. The van der Waals surface area contributed by atoms with Crippen LogP contribution in [0.3, 0.4) is 0 Å². The van der Waals surface area contributed by atoms with Crippen molar-refractivity contribution in [2.45, 2.75) is 55.3 Å². The van der Waals surface area contributed by atoms with Gasteiger partial charge in [0, 0.05) is 6.04 Å². The molecule has 0 saturated heterocycles. The van der Waals surface area contributed by atoms with Crippen LogP contribution in [-0.4, -0.2) is 26.4 Å². The van der Waals surface area contributed by atoms with Crippen molar-refractivity contribution in [3.63, 3.8) is 0 Å². The maximum absolute atomic E-state index is 13.0. The first-order valence-corrected chi connectivity index (χ1v) is 12.6. The van der Waals surface area contributed by atoms with E-state index in [1.165, 1.54) is 12.5 Å². The maximum Gasteiger partial charge on any atom is 0.250 e. The van der Waals surface area contributed by atoms with Crippen molar-refractivity contribution in [2.75, 3.05) is 0 Å². The van der Waals surface area contributed by atoms with Crippen LogP contribution in [0.25, 0.3) is 0 Å². The van der Waals surface area contributed by atoms with E-state index in [-0.39, 0.29) is 16.2 Å². The van der Waals surface area contributed by atoms with Crippen LogP contribution in [0.1, 0.15) is 38.2 Å². The van der Waals surface area contributed by atoms with Crippen LogP contribution >= 0.6 is 27.3 Å². The second-order valence-corrected chi connectivity index (χ2v) is 11.7. The molecule has 8 heteroatoms. The highest BCUT2D eigenvalue weighted by molar-refractivity contribution is 9.11. The molecule has 0 bridgehead atoms. The van der Waals surface area contributed by atoms with Gasteiger partial charge in [-0.25, -0.2) is 8.42 Å². The summed E-state index contributed by atoms with van der Waals surface area (Å²) in [7, 11) is -3.78. The number of hydrogen-bond donors (Lipinski definition) is 2. The Balaban J connectivity index is 1.79. The first kappa shape index (κ1) is 21.5. The number of nitrogens with one attached hydrogen (secondary N) is 2. The molecule has 0 spiro atoms. The molecule has 1 aromatic heterocycles. The average molecular weight is 485 g/mol. The monoisotopic (exact) mass is 484 g/mol. The summed E-state index contributed by atoms with van der Waals surface area (Å²) >= 11 is 4.42. The number of sulfonamides is 1. The lowest BCUT2D eigenvalue weighted by Crippen LogP contribution is -2.52. The smallest absolute Gasteiger partial charge is 0.250 e. The van der Waals surface area contributed by atoms with Gasteiger partial charge in [0.25, 0.3) is 10.0 Å². The fraction of sp³-hybridized carbons (Fsp3) is 0.450. The molecule has 0 radical (unpaired) electrons. The van der Waals surface area contributed by atoms with E-state index in [0.717, 1.165) is 39.9 Å². The van der Waals surface area contributed by atoms with Gasteiger partial charge in [-0.05, 0) is 58.8 Å². The van der Waals surface area contributed by atoms with Crippen molar-refractivity contribution in [1.29, 1.82) is 0 Å². The van der Waals surface area contributed by atoms with Crippen LogP contribution in [0.4, 0.5) is 0 Å². The van der Waals surface area contributed by atoms with E-state index in [1.54, 1.807) is 6.07 Å². The highest BCUT2D eigenvalue weighted by Gasteiger charge is 2.30. The molecule has 1 amide bonds. The third kappa shape index (κ3) is 5.65. The molecule has 1 aliphatic carbocycles. The molecule has 5 nitrogen and oxygen atoms in total. The van der Waals surface area contributed by atoms with Gasteiger partial charge in [0.05, 0.1) is 3.79 Å². The SMILES string of the molecule is CC1CCCCC1NC(=O)C(Cc1ccccc1)NS(=O)(=O)c1ccc(Br)s1. The summed E-state index contributed by atoms with van der Waals surface area (Å²) in [5.74, 6) is 0.140. The molecule has 1 aromatic carbocycles. The van der Waals surface area contributed by atoms with Gasteiger partial charge >= 0.3 is 0 Å². The Bertz CT molecular complexity index is 899. The summed E-state index contributed by atoms with van der Waals surface area (Å²) < 4.78 is 29.2. The molecular weight excluding hydrogens is 460 g/mol. The van der Waals surface area contributed by atoms with Gasteiger partial charge < -0.3 is 5.32 Å². The Morgan fingerprint density at radius 3 is 2.54 bits per heavy atom. The minimum Gasteiger partial charge on any atom is -0.352 e. The molecule has 1 fully saturated rings. The topological polar surface area (TPSA) is 75.3 Å². The minimum absolute atomic E-state index is 0.0971. The number of thiophene rings is 1. The third-order valence-corrected chi connectivity index (χ3v) is 8.74. The Labute approximate surface area is 179 Å². The average Bonchev–Trinajstić information content (AvgIpc) is 3.11. The van der Waals surface area contributed by atoms with E-state index in [0.29, 0.717) is 12.3 Å². The molecular formula is C20H25BrN2O3S2. The predicted molar refractivity (Wildman–Crippen MR) is 116 cm³/mol. The van der Waals surface area contributed by atoms with Gasteiger partial charge in [0.1, 0.15) is 10.3 Å². The van der Waals surface area contributed by atoms with Crippen molar-refractivity contribution < 1.29 is 13.2 Å². The van der Waals surface area contributed by atoms with Gasteiger partial charge in [-0.1, -0.05) is 50.1 Å². The van der Waals surface area contributed by atoms with E-state index >= 15 is 0 Å². The van der Waals surface area contributed by atoms with E-state index in [9.17, 15) is 13.2 Å². The van der Waals surface area contributed by atoms with E-state index in [2.05, 4.69) is 32.9 Å². The summed E-state index contributed by atoms with van der Waals surface area (Å²) in [5.41, 5.74) is 0.911. The number of benzene rings is 1. The first-order chi connectivity index (χ1) is 13.3. The first-order valence-electron chi connectivity index (χ1n) is 9.47. The lowest BCUT2D eigenvalue weighted by molar-refractivity contribution is -0.124. The lowest BCUT2D eigenvalue weighted by atomic mass is 9.86. The molecule has 3 atom stereocenters. The van der Waals surface area contributed by atoms with E-state index in [1.807, 2.05) is 30.3 Å². The van der Waals surface area contributed by atoms with Gasteiger partial charge in [-0.15, -0.1) is 11.3 Å². The van der Waals surface area contributed by atoms with Crippen LogP contribution in [0.15, 0.2) is 50.5 Å². The highest BCUT2D eigenvalue weighted by Crippen LogP contribution is 2.27. The van der Waals surface area contributed by atoms with Crippen molar-refractivity contribution in [3.8, 4) is 0 Å². The number of hydrogen-bond acceptors (Lipinski definition) is 4. The highest BCUT2D eigenvalue weighted by atomic mass is 79.9. The lowest BCUT2D eigenvalue weighted by Gasteiger charge is -2.31. The van der Waals surface area contributed by atoms with Crippen molar-refractivity contribution >= 4 is 43.2 Å². The summed E-state index contributed by atoms with van der Waals surface area (Å²) in [6, 6.07) is 11.9. The van der Waals surface area contributed by atoms with Crippen LogP contribution in [0.5, 0.6) is 0 Å². The zero-order valence-corrected chi connectivity index (χ0v) is 18.9. The van der Waals surface area contributed by atoms with Gasteiger partial charge in [-0.2, -0.15) is 4.72 Å². The van der Waals surface area contributed by atoms with Crippen molar-refractivity contribution in [1.82, 2.24) is 10.0 Å². The van der Waals surface area contributed by atoms with Crippen molar-refractivity contribution in [2.24, 2.45) is 5.92 Å². The van der Waals surface area contributed by atoms with Gasteiger partial charge in [0.2, 0.25) is 5.91 Å². The second-order valence-electron chi connectivity index (χ2n) is 7.30. The predicted octanol–water partition coefficient (Wildman–Crippen LogP) is 4.10. The molecule has 0 aliphatic heterocycles. The minimum atomic E-state index is -3.78. The molecule has 1 heterocycles. The number of carbonyl (C=O) groups is 1.